The number of hydrogen-bond donors (Lipinski definition) is 0. The highest BCUT2D eigenvalue weighted by Crippen LogP contribution is 2.27. The Morgan fingerprint density at radius 3 is 2.50 bits per heavy atom. The molecule has 1 aromatic carbocycles. The Morgan fingerprint density at radius 1 is 1.12 bits per heavy atom. The van der Waals surface area contributed by atoms with E-state index in [1.54, 1.807) is 18.3 Å². The molecule has 16 heavy (non-hydrogen) atoms. The minimum absolute atomic E-state index is 0.495. The Balaban J connectivity index is 2.38. The molecular formula is C10H7Cl2N3S. The van der Waals surface area contributed by atoms with E-state index in [0.29, 0.717) is 20.9 Å². The smallest absolute Gasteiger partial charge is 0.208 e. The van der Waals surface area contributed by atoms with Gasteiger partial charge in [0, 0.05) is 5.56 Å². The molecule has 1 aromatic heterocycles. The van der Waals surface area contributed by atoms with Crippen LogP contribution in [-0.2, 0) is 0 Å². The molecule has 2 rings (SSSR count). The normalized spacial score (nSPS) is 10.4. The van der Waals surface area contributed by atoms with Crippen molar-refractivity contribution in [3.8, 4) is 11.3 Å². The maximum atomic E-state index is 5.92. The summed E-state index contributed by atoms with van der Waals surface area (Å²) in [7, 11) is 0. The minimum atomic E-state index is 0.495. The largest absolute Gasteiger partial charge is 0.227 e. The van der Waals surface area contributed by atoms with E-state index < -0.39 is 0 Å². The molecule has 0 fully saturated rings. The van der Waals surface area contributed by atoms with Crippen molar-refractivity contribution in [3.05, 3.63) is 34.4 Å². The maximum absolute atomic E-state index is 5.92. The van der Waals surface area contributed by atoms with E-state index in [-0.39, 0.29) is 0 Å². The van der Waals surface area contributed by atoms with Crippen LogP contribution in [0.1, 0.15) is 0 Å². The van der Waals surface area contributed by atoms with Gasteiger partial charge in [-0.15, -0.1) is 10.2 Å². The predicted octanol–water partition coefficient (Wildman–Crippen LogP) is 3.57. The molecule has 0 saturated carbocycles. The summed E-state index contributed by atoms with van der Waals surface area (Å²) >= 11 is 13.2. The van der Waals surface area contributed by atoms with Crippen molar-refractivity contribution in [2.24, 2.45) is 0 Å². The van der Waals surface area contributed by atoms with Gasteiger partial charge in [-0.2, -0.15) is 0 Å². The quantitative estimate of drug-likeness (QED) is 0.783. The van der Waals surface area contributed by atoms with Gasteiger partial charge in [0.05, 0.1) is 16.2 Å². The molecule has 0 radical (unpaired) electrons. The molecule has 0 aliphatic rings. The molecule has 6 heteroatoms. The third-order valence-corrected chi connectivity index (χ3v) is 3.23. The van der Waals surface area contributed by atoms with Gasteiger partial charge in [0.15, 0.2) is 0 Å². The van der Waals surface area contributed by atoms with Gasteiger partial charge in [-0.05, 0) is 18.4 Å². The fraction of sp³-hybridized carbons (Fsp3) is 0.100. The molecule has 82 valence electrons. The molecule has 0 aliphatic carbocycles. The molecule has 0 unspecified atom stereocenters. The first-order valence-corrected chi connectivity index (χ1v) is 6.38. The summed E-state index contributed by atoms with van der Waals surface area (Å²) < 4.78 is 0. The molecular weight excluding hydrogens is 265 g/mol. The third kappa shape index (κ3) is 2.45. The van der Waals surface area contributed by atoms with Gasteiger partial charge in [0.25, 0.3) is 0 Å². The third-order valence-electron chi connectivity index (χ3n) is 1.94. The van der Waals surface area contributed by atoms with Gasteiger partial charge in [0.2, 0.25) is 5.16 Å². The van der Waals surface area contributed by atoms with Gasteiger partial charge < -0.3 is 0 Å². The van der Waals surface area contributed by atoms with Crippen LogP contribution < -0.4 is 0 Å². The second kappa shape index (κ2) is 4.99. The lowest BCUT2D eigenvalue weighted by molar-refractivity contribution is 0.847. The van der Waals surface area contributed by atoms with Crippen LogP contribution in [0.4, 0.5) is 0 Å². The van der Waals surface area contributed by atoms with Crippen LogP contribution in [0, 0.1) is 0 Å². The van der Waals surface area contributed by atoms with E-state index in [1.807, 2.05) is 12.3 Å². The Labute approximate surface area is 107 Å². The fourth-order valence-electron chi connectivity index (χ4n) is 1.15. The highest BCUT2D eigenvalue weighted by molar-refractivity contribution is 7.98. The van der Waals surface area contributed by atoms with Crippen LogP contribution in [0.2, 0.25) is 10.0 Å². The number of rotatable bonds is 2. The SMILES string of the molecule is CSc1ncc(-c2ccc(Cl)c(Cl)c2)nn1. The van der Waals surface area contributed by atoms with Crippen molar-refractivity contribution in [3.63, 3.8) is 0 Å². The van der Waals surface area contributed by atoms with Crippen LogP contribution in [0.15, 0.2) is 29.6 Å². The summed E-state index contributed by atoms with van der Waals surface area (Å²) in [6, 6.07) is 5.30. The number of benzene rings is 1. The molecule has 0 saturated heterocycles. The number of halogens is 2. The van der Waals surface area contributed by atoms with Crippen LogP contribution in [-0.4, -0.2) is 21.4 Å². The molecule has 1 heterocycles. The molecule has 0 spiro atoms. The number of aromatic nitrogens is 3. The van der Waals surface area contributed by atoms with Crippen LogP contribution in [0.5, 0.6) is 0 Å². The predicted molar refractivity (Wildman–Crippen MR) is 67.1 cm³/mol. The number of nitrogens with zero attached hydrogens (tertiary/aromatic N) is 3. The second-order valence-corrected chi connectivity index (χ2v) is 4.55. The molecule has 0 amide bonds. The van der Waals surface area contributed by atoms with E-state index in [9.17, 15) is 0 Å². The van der Waals surface area contributed by atoms with E-state index in [2.05, 4.69) is 15.2 Å². The van der Waals surface area contributed by atoms with Crippen LogP contribution in [0.3, 0.4) is 0 Å². The highest BCUT2D eigenvalue weighted by Gasteiger charge is 2.04. The Bertz CT molecular complexity index is 502. The summed E-state index contributed by atoms with van der Waals surface area (Å²) in [5.74, 6) is 0. The first-order valence-electron chi connectivity index (χ1n) is 4.40. The Hall–Kier alpha value is -0.840. The molecule has 2 aromatic rings. The van der Waals surface area contributed by atoms with Gasteiger partial charge in [-0.3, -0.25) is 0 Å². The standard InChI is InChI=1S/C10H7Cl2N3S/c1-16-10-13-5-9(14-15-10)6-2-3-7(11)8(12)4-6/h2-5H,1H3. The van der Waals surface area contributed by atoms with Crippen molar-refractivity contribution in [1.82, 2.24) is 15.2 Å². The van der Waals surface area contributed by atoms with Gasteiger partial charge in [-0.25, -0.2) is 4.98 Å². The Kier molecular flexibility index (Phi) is 3.63. The summed E-state index contributed by atoms with van der Waals surface area (Å²) in [4.78, 5) is 4.14. The number of hydrogen-bond acceptors (Lipinski definition) is 4. The average Bonchev–Trinajstić information content (AvgIpc) is 2.33. The van der Waals surface area contributed by atoms with Gasteiger partial charge >= 0.3 is 0 Å². The first-order chi connectivity index (χ1) is 7.70. The van der Waals surface area contributed by atoms with Crippen LogP contribution in [0.25, 0.3) is 11.3 Å². The maximum Gasteiger partial charge on any atom is 0.208 e. The van der Waals surface area contributed by atoms with Crippen molar-refractivity contribution >= 4 is 35.0 Å². The average molecular weight is 272 g/mol. The lowest BCUT2D eigenvalue weighted by Gasteiger charge is -2.01. The summed E-state index contributed by atoms with van der Waals surface area (Å²) in [6.45, 7) is 0. The number of thioether (sulfide) groups is 1. The lowest BCUT2D eigenvalue weighted by atomic mass is 10.2. The minimum Gasteiger partial charge on any atom is -0.227 e. The topological polar surface area (TPSA) is 38.7 Å². The molecule has 3 nitrogen and oxygen atoms in total. The van der Waals surface area contributed by atoms with Crippen molar-refractivity contribution in [2.75, 3.05) is 6.26 Å². The van der Waals surface area contributed by atoms with Crippen LogP contribution >= 0.6 is 35.0 Å². The monoisotopic (exact) mass is 271 g/mol. The second-order valence-electron chi connectivity index (χ2n) is 2.96. The van der Waals surface area contributed by atoms with Gasteiger partial charge in [0.1, 0.15) is 5.69 Å². The fourth-order valence-corrected chi connectivity index (χ4v) is 1.72. The van der Waals surface area contributed by atoms with Gasteiger partial charge in [-0.1, -0.05) is 41.0 Å². The molecule has 0 atom stereocenters. The lowest BCUT2D eigenvalue weighted by Crippen LogP contribution is -1.92. The summed E-state index contributed by atoms with van der Waals surface area (Å²) in [5.41, 5.74) is 1.53. The van der Waals surface area contributed by atoms with E-state index in [1.165, 1.54) is 11.8 Å². The molecule has 0 N–H and O–H groups in total. The zero-order chi connectivity index (χ0) is 11.5. The zero-order valence-corrected chi connectivity index (χ0v) is 10.6. The first kappa shape index (κ1) is 11.6. The summed E-state index contributed by atoms with van der Waals surface area (Å²) in [6.07, 6.45) is 3.56. The molecule has 0 aliphatic heterocycles. The van der Waals surface area contributed by atoms with E-state index in [4.69, 9.17) is 23.2 Å². The zero-order valence-electron chi connectivity index (χ0n) is 8.32. The van der Waals surface area contributed by atoms with Crippen molar-refractivity contribution in [2.45, 2.75) is 5.16 Å². The molecule has 0 bridgehead atoms. The van der Waals surface area contributed by atoms with Crippen molar-refractivity contribution < 1.29 is 0 Å². The Morgan fingerprint density at radius 2 is 1.94 bits per heavy atom. The van der Waals surface area contributed by atoms with Crippen molar-refractivity contribution in [1.29, 1.82) is 0 Å². The summed E-state index contributed by atoms with van der Waals surface area (Å²) in [5, 5.41) is 9.67. The van der Waals surface area contributed by atoms with E-state index >= 15 is 0 Å². The van der Waals surface area contributed by atoms with E-state index in [0.717, 1.165) is 5.56 Å². The highest BCUT2D eigenvalue weighted by atomic mass is 35.5.